The molecule has 0 spiro atoms. The molecule has 2 aromatic carbocycles. The van der Waals surface area contributed by atoms with Crippen LogP contribution in [0.3, 0.4) is 0 Å². The molecule has 0 saturated heterocycles. The Hall–Kier alpha value is -2.56. The highest BCUT2D eigenvalue weighted by Gasteiger charge is 2.20. The number of anilines is 1. The van der Waals surface area contributed by atoms with E-state index in [9.17, 15) is 4.79 Å². The molecule has 0 aliphatic carbocycles. The number of hydrogen-bond acceptors (Lipinski definition) is 2. The first-order valence-corrected chi connectivity index (χ1v) is 11.1. The van der Waals surface area contributed by atoms with Gasteiger partial charge in [-0.1, -0.05) is 43.7 Å². The lowest BCUT2D eigenvalue weighted by atomic mass is 9.97. The van der Waals surface area contributed by atoms with Gasteiger partial charge >= 0.3 is 0 Å². The average molecular weight is 422 g/mol. The van der Waals surface area contributed by atoms with Crippen LogP contribution in [0.25, 0.3) is 16.5 Å². The lowest BCUT2D eigenvalue weighted by Crippen LogP contribution is -2.37. The van der Waals surface area contributed by atoms with E-state index in [1.54, 1.807) is 12.1 Å². The number of amides is 1. The minimum absolute atomic E-state index is 0.199. The molecule has 0 atom stereocenters. The molecule has 1 aromatic heterocycles. The molecule has 4 nitrogen and oxygen atoms in total. The number of carbonyl (C=O) groups is 1. The van der Waals surface area contributed by atoms with Gasteiger partial charge in [0.15, 0.2) is 0 Å². The maximum absolute atomic E-state index is 12.6. The fourth-order valence-corrected chi connectivity index (χ4v) is 4.60. The van der Waals surface area contributed by atoms with Crippen molar-refractivity contribution in [3.05, 3.63) is 70.9 Å². The third kappa shape index (κ3) is 4.16. The van der Waals surface area contributed by atoms with Crippen LogP contribution < -0.4 is 5.32 Å². The third-order valence-electron chi connectivity index (χ3n) is 6.10. The molecule has 2 heterocycles. The first-order chi connectivity index (χ1) is 14.6. The monoisotopic (exact) mass is 421 g/mol. The number of H-pyrrole nitrogens is 1. The van der Waals surface area contributed by atoms with E-state index < -0.39 is 0 Å². The van der Waals surface area contributed by atoms with Gasteiger partial charge in [-0.2, -0.15) is 0 Å². The largest absolute Gasteiger partial charge is 0.361 e. The van der Waals surface area contributed by atoms with Crippen molar-refractivity contribution in [1.82, 2.24) is 9.88 Å². The summed E-state index contributed by atoms with van der Waals surface area (Å²) in [6.07, 6.45) is 7.88. The summed E-state index contributed by atoms with van der Waals surface area (Å²) >= 11 is 6.17. The summed E-state index contributed by atoms with van der Waals surface area (Å²) in [4.78, 5) is 18.6. The van der Waals surface area contributed by atoms with E-state index in [0.717, 1.165) is 36.1 Å². The Bertz CT molecular complexity index is 1080. The molecule has 1 aliphatic rings. The van der Waals surface area contributed by atoms with Crippen molar-refractivity contribution in [1.29, 1.82) is 0 Å². The van der Waals surface area contributed by atoms with Crippen LogP contribution in [0.15, 0.2) is 54.7 Å². The smallest absolute Gasteiger partial charge is 0.257 e. The highest BCUT2D eigenvalue weighted by Crippen LogP contribution is 2.32. The van der Waals surface area contributed by atoms with Crippen molar-refractivity contribution in [2.45, 2.75) is 39.2 Å². The summed E-state index contributed by atoms with van der Waals surface area (Å²) in [7, 11) is 0. The van der Waals surface area contributed by atoms with E-state index in [1.807, 2.05) is 30.3 Å². The average Bonchev–Trinajstić information content (AvgIpc) is 3.18. The van der Waals surface area contributed by atoms with Gasteiger partial charge in [-0.05, 0) is 55.2 Å². The molecule has 2 N–H and O–H groups in total. The molecule has 4 rings (SSSR count). The zero-order valence-electron chi connectivity index (χ0n) is 17.5. The van der Waals surface area contributed by atoms with Crippen molar-refractivity contribution >= 4 is 39.7 Å². The molecule has 0 bridgehead atoms. The Morgan fingerprint density at radius 2 is 2.00 bits per heavy atom. The summed E-state index contributed by atoms with van der Waals surface area (Å²) in [6.45, 7) is 6.63. The van der Waals surface area contributed by atoms with Crippen LogP contribution in [0.1, 0.15) is 49.0 Å². The summed E-state index contributed by atoms with van der Waals surface area (Å²) in [5.74, 6) is -0.199. The first kappa shape index (κ1) is 20.7. The number of halogens is 1. The van der Waals surface area contributed by atoms with Crippen LogP contribution in [0.2, 0.25) is 5.02 Å². The van der Waals surface area contributed by atoms with E-state index >= 15 is 0 Å². The van der Waals surface area contributed by atoms with Gasteiger partial charge in [0.1, 0.15) is 0 Å². The normalized spacial score (nSPS) is 14.9. The van der Waals surface area contributed by atoms with Crippen molar-refractivity contribution in [2.24, 2.45) is 0 Å². The van der Waals surface area contributed by atoms with Gasteiger partial charge in [0.2, 0.25) is 0 Å². The second-order valence-electron chi connectivity index (χ2n) is 7.84. The predicted octanol–water partition coefficient (Wildman–Crippen LogP) is 6.35. The van der Waals surface area contributed by atoms with Gasteiger partial charge in [-0.15, -0.1) is 0 Å². The van der Waals surface area contributed by atoms with Crippen molar-refractivity contribution in [2.75, 3.05) is 18.4 Å². The van der Waals surface area contributed by atoms with Gasteiger partial charge in [0.25, 0.3) is 5.91 Å². The zero-order chi connectivity index (χ0) is 21.1. The number of carbonyl (C=O) groups excluding carboxylic acids is 1. The van der Waals surface area contributed by atoms with Crippen molar-refractivity contribution in [3.8, 4) is 0 Å². The molecular weight excluding hydrogens is 394 g/mol. The molecule has 30 heavy (non-hydrogen) atoms. The van der Waals surface area contributed by atoms with E-state index in [0.29, 0.717) is 16.6 Å². The SMILES string of the molecule is CCC(CC)N1CC=C(c2c[nH]c3ccc(NC(=O)c4ccccc4Cl)cc23)CC1. The Labute approximate surface area is 182 Å². The number of nitrogens with one attached hydrogen (secondary N) is 2. The van der Waals surface area contributed by atoms with Gasteiger partial charge in [0.05, 0.1) is 10.6 Å². The Balaban J connectivity index is 1.57. The number of benzene rings is 2. The second-order valence-corrected chi connectivity index (χ2v) is 8.25. The van der Waals surface area contributed by atoms with Crippen molar-refractivity contribution in [3.63, 3.8) is 0 Å². The van der Waals surface area contributed by atoms with Crippen LogP contribution in [0.5, 0.6) is 0 Å². The Morgan fingerprint density at radius 1 is 1.20 bits per heavy atom. The van der Waals surface area contributed by atoms with E-state index in [-0.39, 0.29) is 5.91 Å². The van der Waals surface area contributed by atoms with Crippen LogP contribution in [0, 0.1) is 0 Å². The van der Waals surface area contributed by atoms with Gasteiger partial charge < -0.3 is 10.3 Å². The maximum Gasteiger partial charge on any atom is 0.257 e. The first-order valence-electron chi connectivity index (χ1n) is 10.7. The molecule has 0 unspecified atom stereocenters. The molecule has 0 fully saturated rings. The van der Waals surface area contributed by atoms with Gasteiger partial charge in [-0.3, -0.25) is 9.69 Å². The van der Waals surface area contributed by atoms with Crippen LogP contribution in [-0.2, 0) is 0 Å². The van der Waals surface area contributed by atoms with Crippen LogP contribution in [-0.4, -0.2) is 34.9 Å². The van der Waals surface area contributed by atoms with Gasteiger partial charge in [-0.25, -0.2) is 0 Å². The molecule has 0 radical (unpaired) electrons. The lowest BCUT2D eigenvalue weighted by Gasteiger charge is -2.33. The summed E-state index contributed by atoms with van der Waals surface area (Å²) in [5, 5.41) is 4.57. The highest BCUT2D eigenvalue weighted by atomic mass is 35.5. The summed E-state index contributed by atoms with van der Waals surface area (Å²) < 4.78 is 0. The fraction of sp³-hybridized carbons (Fsp3) is 0.320. The standard InChI is InChI=1S/C25H28ClN3O/c1-3-19(4-2)29-13-11-17(12-14-29)22-16-27-24-10-9-18(15-21(22)24)28-25(30)20-7-5-6-8-23(20)26/h5-11,15-16,19,27H,3-4,12-14H2,1-2H3,(H,28,30). The zero-order valence-corrected chi connectivity index (χ0v) is 18.3. The van der Waals surface area contributed by atoms with E-state index in [1.165, 1.54) is 24.0 Å². The number of aromatic amines is 1. The van der Waals surface area contributed by atoms with Crippen LogP contribution >= 0.6 is 11.6 Å². The lowest BCUT2D eigenvalue weighted by molar-refractivity contribution is 0.102. The number of rotatable bonds is 6. The highest BCUT2D eigenvalue weighted by molar-refractivity contribution is 6.34. The Morgan fingerprint density at radius 3 is 2.70 bits per heavy atom. The van der Waals surface area contributed by atoms with E-state index in [2.05, 4.69) is 41.3 Å². The number of fused-ring (bicyclic) bond motifs is 1. The molecule has 1 aliphatic heterocycles. The second kappa shape index (κ2) is 9.07. The van der Waals surface area contributed by atoms with Gasteiger partial charge in [0, 0.05) is 47.5 Å². The minimum Gasteiger partial charge on any atom is -0.361 e. The number of aromatic nitrogens is 1. The molecule has 156 valence electrons. The third-order valence-corrected chi connectivity index (χ3v) is 6.43. The molecular formula is C25H28ClN3O. The topological polar surface area (TPSA) is 48.1 Å². The molecule has 0 saturated carbocycles. The van der Waals surface area contributed by atoms with E-state index in [4.69, 9.17) is 11.6 Å². The predicted molar refractivity (Wildman–Crippen MR) is 126 cm³/mol. The quantitative estimate of drug-likeness (QED) is 0.487. The maximum atomic E-state index is 12.6. The Kier molecular flexibility index (Phi) is 6.26. The van der Waals surface area contributed by atoms with Crippen LogP contribution in [0.4, 0.5) is 5.69 Å². The molecule has 3 aromatic rings. The summed E-state index contributed by atoms with van der Waals surface area (Å²) in [6, 6.07) is 13.7. The number of nitrogens with zero attached hydrogens (tertiary/aromatic N) is 1. The molecule has 5 heteroatoms. The summed E-state index contributed by atoms with van der Waals surface area (Å²) in [5.41, 5.74) is 4.92. The minimum atomic E-state index is -0.199. The number of hydrogen-bond donors (Lipinski definition) is 2. The van der Waals surface area contributed by atoms with Crippen molar-refractivity contribution < 1.29 is 4.79 Å². The fourth-order valence-electron chi connectivity index (χ4n) is 4.37. The molecule has 1 amide bonds.